The molecule has 6 nitrogen and oxygen atoms in total. The number of ether oxygens (including phenoxy) is 1. The number of nitrogens with zero attached hydrogens (tertiary/aromatic N) is 2. The van der Waals surface area contributed by atoms with Gasteiger partial charge in [0.05, 0.1) is 17.9 Å². The number of pyridine rings is 1. The topological polar surface area (TPSA) is 71.5 Å². The number of sulfonamides is 1. The lowest BCUT2D eigenvalue weighted by molar-refractivity contribution is 0.0305. The van der Waals surface area contributed by atoms with Crippen molar-refractivity contribution in [3.8, 4) is 0 Å². The van der Waals surface area contributed by atoms with Gasteiger partial charge in [-0.1, -0.05) is 18.9 Å². The van der Waals surface area contributed by atoms with Crippen molar-refractivity contribution in [2.45, 2.75) is 50.7 Å². The zero-order valence-electron chi connectivity index (χ0n) is 16.1. The van der Waals surface area contributed by atoms with Gasteiger partial charge in [0.25, 0.3) is 0 Å². The molecule has 4 atom stereocenters. The van der Waals surface area contributed by atoms with Crippen LogP contribution in [0.4, 0.5) is 5.82 Å². The van der Waals surface area contributed by atoms with Crippen LogP contribution in [0.25, 0.3) is 0 Å². The summed E-state index contributed by atoms with van der Waals surface area (Å²) in [6, 6.07) is 6.00. The molecule has 2 saturated carbocycles. The monoisotopic (exact) mass is 393 g/mol. The van der Waals surface area contributed by atoms with Crippen molar-refractivity contribution in [2.24, 2.45) is 17.8 Å². The molecular weight excluding hydrogens is 362 g/mol. The Labute approximate surface area is 162 Å². The van der Waals surface area contributed by atoms with E-state index in [0.29, 0.717) is 36.6 Å². The van der Waals surface area contributed by atoms with Crippen LogP contribution in [0, 0.1) is 17.8 Å². The Morgan fingerprint density at radius 2 is 1.93 bits per heavy atom. The van der Waals surface area contributed by atoms with E-state index in [1.54, 1.807) is 17.6 Å². The number of methoxy groups -OCH3 is 1. The molecule has 4 rings (SSSR count). The molecular formula is C20H31N3O3S. The third kappa shape index (κ3) is 4.30. The maximum atomic E-state index is 12.9. The van der Waals surface area contributed by atoms with Gasteiger partial charge in [-0.2, -0.15) is 0 Å². The lowest BCUT2D eigenvalue weighted by Crippen LogP contribution is -2.44. The van der Waals surface area contributed by atoms with Gasteiger partial charge < -0.3 is 10.1 Å². The minimum Gasteiger partial charge on any atom is -0.379 e. The van der Waals surface area contributed by atoms with E-state index in [0.717, 1.165) is 31.5 Å². The van der Waals surface area contributed by atoms with Crippen LogP contribution in [-0.2, 0) is 14.8 Å². The second-order valence-corrected chi connectivity index (χ2v) is 10.5. The molecule has 3 fully saturated rings. The summed E-state index contributed by atoms with van der Waals surface area (Å²) in [6.07, 6.45) is 8.21. The molecule has 1 aromatic heterocycles. The highest BCUT2D eigenvalue weighted by atomic mass is 32.2. The average molecular weight is 394 g/mol. The van der Waals surface area contributed by atoms with Crippen LogP contribution in [0.3, 0.4) is 0 Å². The Morgan fingerprint density at radius 1 is 1.19 bits per heavy atom. The third-order valence-electron chi connectivity index (χ3n) is 6.70. The van der Waals surface area contributed by atoms with Gasteiger partial charge in [-0.15, -0.1) is 0 Å². The highest BCUT2D eigenvalue weighted by molar-refractivity contribution is 7.89. The number of hydrogen-bond acceptors (Lipinski definition) is 5. The first kappa shape index (κ1) is 19.2. The summed E-state index contributed by atoms with van der Waals surface area (Å²) >= 11 is 0. The van der Waals surface area contributed by atoms with E-state index in [2.05, 4.69) is 10.3 Å². The van der Waals surface area contributed by atoms with Crippen LogP contribution in [0.2, 0.25) is 0 Å². The molecule has 3 aliphatic rings. The quantitative estimate of drug-likeness (QED) is 0.805. The largest absolute Gasteiger partial charge is 0.379 e. The summed E-state index contributed by atoms with van der Waals surface area (Å²) in [4.78, 5) is 4.37. The van der Waals surface area contributed by atoms with Crippen molar-refractivity contribution in [3.05, 3.63) is 24.4 Å². The Kier molecular flexibility index (Phi) is 5.71. The summed E-state index contributed by atoms with van der Waals surface area (Å²) < 4.78 is 33.4. The summed E-state index contributed by atoms with van der Waals surface area (Å²) in [6.45, 7) is 1.33. The number of aromatic nitrogens is 1. The SMILES string of the molecule is CO[C@@H]1C[C@H]2CN(S(=O)(=O)CC3CCCC3)C[C@H]2C[C@H]1Nc1ccccn1. The number of anilines is 1. The van der Waals surface area contributed by atoms with Gasteiger partial charge in [-0.05, 0) is 55.6 Å². The fourth-order valence-electron chi connectivity index (χ4n) is 5.23. The van der Waals surface area contributed by atoms with Crippen molar-refractivity contribution < 1.29 is 13.2 Å². The predicted molar refractivity (Wildman–Crippen MR) is 106 cm³/mol. The number of nitrogens with one attached hydrogen (secondary N) is 1. The Hall–Kier alpha value is -1.18. The molecule has 0 amide bonds. The van der Waals surface area contributed by atoms with Crippen LogP contribution in [0.15, 0.2) is 24.4 Å². The maximum Gasteiger partial charge on any atom is 0.214 e. The predicted octanol–water partition coefficient (Wildman–Crippen LogP) is 2.74. The van der Waals surface area contributed by atoms with Gasteiger partial charge >= 0.3 is 0 Å². The molecule has 150 valence electrons. The average Bonchev–Trinajstić information content (AvgIpc) is 3.31. The van der Waals surface area contributed by atoms with Crippen molar-refractivity contribution >= 4 is 15.8 Å². The highest BCUT2D eigenvalue weighted by Gasteiger charge is 2.45. The van der Waals surface area contributed by atoms with Crippen LogP contribution in [0.5, 0.6) is 0 Å². The van der Waals surface area contributed by atoms with Crippen molar-refractivity contribution in [3.63, 3.8) is 0 Å². The molecule has 2 heterocycles. The standard InChI is InChI=1S/C20H31N3O3S/c1-26-19-11-17-13-23(27(24,25)14-15-6-2-3-7-15)12-16(17)10-18(19)22-20-8-4-5-9-21-20/h4-5,8-9,15-19H,2-3,6-7,10-14H2,1H3,(H,21,22)/t16-,17+,18-,19-/m1/s1. The van der Waals surface area contributed by atoms with Crippen LogP contribution >= 0.6 is 0 Å². The fourth-order valence-corrected chi connectivity index (χ4v) is 7.21. The number of hydrogen-bond donors (Lipinski definition) is 1. The smallest absolute Gasteiger partial charge is 0.214 e. The lowest BCUT2D eigenvalue weighted by Gasteiger charge is -2.37. The number of fused-ring (bicyclic) bond motifs is 1. The maximum absolute atomic E-state index is 12.9. The minimum absolute atomic E-state index is 0.0887. The van der Waals surface area contributed by atoms with Gasteiger partial charge in [-0.25, -0.2) is 17.7 Å². The van der Waals surface area contributed by atoms with E-state index < -0.39 is 10.0 Å². The van der Waals surface area contributed by atoms with E-state index in [1.807, 2.05) is 18.2 Å². The molecule has 7 heteroatoms. The first-order valence-electron chi connectivity index (χ1n) is 10.2. The summed E-state index contributed by atoms with van der Waals surface area (Å²) in [5, 5.41) is 3.50. The first-order chi connectivity index (χ1) is 13.0. The third-order valence-corrected chi connectivity index (χ3v) is 8.68. The van der Waals surface area contributed by atoms with E-state index >= 15 is 0 Å². The molecule has 0 unspecified atom stereocenters. The van der Waals surface area contributed by atoms with E-state index in [9.17, 15) is 8.42 Å². The normalized spacial score (nSPS) is 32.5. The summed E-state index contributed by atoms with van der Waals surface area (Å²) in [5.74, 6) is 2.36. The number of rotatable bonds is 6. The molecule has 0 aromatic carbocycles. The van der Waals surface area contributed by atoms with E-state index in [1.165, 1.54) is 12.8 Å². The molecule has 1 aromatic rings. The van der Waals surface area contributed by atoms with Gasteiger partial charge in [0.2, 0.25) is 10.0 Å². The van der Waals surface area contributed by atoms with Crippen molar-refractivity contribution in [1.82, 2.24) is 9.29 Å². The molecule has 0 spiro atoms. The van der Waals surface area contributed by atoms with Crippen LogP contribution < -0.4 is 5.32 Å². The zero-order valence-corrected chi connectivity index (χ0v) is 16.9. The molecule has 0 bridgehead atoms. The Morgan fingerprint density at radius 3 is 2.59 bits per heavy atom. The molecule has 27 heavy (non-hydrogen) atoms. The Balaban J connectivity index is 1.41. The molecule has 1 N–H and O–H groups in total. The summed E-state index contributed by atoms with van der Waals surface area (Å²) in [7, 11) is -1.39. The highest BCUT2D eigenvalue weighted by Crippen LogP contribution is 2.40. The second kappa shape index (κ2) is 8.05. The Bertz CT molecular complexity index is 721. The lowest BCUT2D eigenvalue weighted by atomic mass is 9.77. The van der Waals surface area contributed by atoms with Gasteiger partial charge in [0.15, 0.2) is 0 Å². The molecule has 2 aliphatic carbocycles. The molecule has 0 radical (unpaired) electrons. The van der Waals surface area contributed by atoms with E-state index in [-0.39, 0.29) is 12.1 Å². The summed E-state index contributed by atoms with van der Waals surface area (Å²) in [5.41, 5.74) is 0. The molecule has 1 saturated heterocycles. The fraction of sp³-hybridized carbons (Fsp3) is 0.750. The second-order valence-electron chi connectivity index (χ2n) is 8.48. The van der Waals surface area contributed by atoms with Crippen molar-refractivity contribution in [1.29, 1.82) is 0 Å². The van der Waals surface area contributed by atoms with Crippen molar-refractivity contribution in [2.75, 3.05) is 31.3 Å². The van der Waals surface area contributed by atoms with Gasteiger partial charge in [-0.3, -0.25) is 0 Å². The molecule has 1 aliphatic heterocycles. The van der Waals surface area contributed by atoms with Crippen LogP contribution in [0.1, 0.15) is 38.5 Å². The zero-order chi connectivity index (χ0) is 18.9. The van der Waals surface area contributed by atoms with Crippen LogP contribution in [-0.4, -0.2) is 55.8 Å². The van der Waals surface area contributed by atoms with E-state index in [4.69, 9.17) is 4.74 Å². The first-order valence-corrected chi connectivity index (χ1v) is 11.8. The van der Waals surface area contributed by atoms with Gasteiger partial charge in [0, 0.05) is 26.4 Å². The minimum atomic E-state index is -3.14. The van der Waals surface area contributed by atoms with Gasteiger partial charge in [0.1, 0.15) is 5.82 Å².